The number of ether oxygens (including phenoxy) is 2. The van der Waals surface area contributed by atoms with Crippen LogP contribution in [0.25, 0.3) is 5.69 Å². The lowest BCUT2D eigenvalue weighted by Gasteiger charge is -2.28. The predicted octanol–water partition coefficient (Wildman–Crippen LogP) is 6.05. The van der Waals surface area contributed by atoms with Crippen molar-refractivity contribution in [2.75, 3.05) is 11.7 Å². The third-order valence-electron chi connectivity index (χ3n) is 6.61. The molecule has 2 aromatic carbocycles. The number of hydrogen-bond donors (Lipinski definition) is 1. The molecule has 0 spiro atoms. The predicted molar refractivity (Wildman–Crippen MR) is 141 cm³/mol. The average Bonchev–Trinajstić information content (AvgIpc) is 3.55. The highest BCUT2D eigenvalue weighted by Crippen LogP contribution is 2.44. The van der Waals surface area contributed by atoms with Gasteiger partial charge in [0, 0.05) is 40.0 Å². The van der Waals surface area contributed by atoms with E-state index in [0.29, 0.717) is 10.1 Å². The summed E-state index contributed by atoms with van der Waals surface area (Å²) in [6.07, 6.45) is 1.82. The van der Waals surface area contributed by atoms with Crippen LogP contribution in [0.2, 0.25) is 5.02 Å². The number of thiocarbonyl (C=S) groups is 1. The van der Waals surface area contributed by atoms with Gasteiger partial charge in [0.15, 0.2) is 16.6 Å². The Hall–Kier alpha value is -3.55. The van der Waals surface area contributed by atoms with Gasteiger partial charge in [-0.2, -0.15) is 0 Å². The van der Waals surface area contributed by atoms with Gasteiger partial charge in [-0.1, -0.05) is 17.7 Å². The van der Waals surface area contributed by atoms with Crippen LogP contribution in [-0.2, 0) is 0 Å². The van der Waals surface area contributed by atoms with Gasteiger partial charge in [-0.25, -0.2) is 0 Å². The van der Waals surface area contributed by atoms with Gasteiger partial charge < -0.3 is 24.3 Å². The molecule has 1 N–H and O–H groups in total. The van der Waals surface area contributed by atoms with Crippen LogP contribution in [0.3, 0.4) is 0 Å². The number of nitrogens with one attached hydrogen (secondary N) is 1. The van der Waals surface area contributed by atoms with Crippen LogP contribution in [0.1, 0.15) is 34.7 Å². The van der Waals surface area contributed by atoms with E-state index in [2.05, 4.69) is 45.7 Å². The van der Waals surface area contributed by atoms with Gasteiger partial charge in [-0.05, 0) is 86.2 Å². The van der Waals surface area contributed by atoms with Crippen LogP contribution >= 0.6 is 23.8 Å². The largest absolute Gasteiger partial charge is 0.454 e. The number of aryl methyl sites for hydroxylation is 1. The van der Waals surface area contributed by atoms with E-state index in [9.17, 15) is 0 Å². The number of benzene rings is 2. The number of anilines is 1. The summed E-state index contributed by atoms with van der Waals surface area (Å²) in [5, 5.41) is 4.87. The van der Waals surface area contributed by atoms with E-state index < -0.39 is 0 Å². The number of rotatable bonds is 4. The molecule has 0 amide bonds. The van der Waals surface area contributed by atoms with Crippen molar-refractivity contribution >= 4 is 34.6 Å². The molecule has 1 fully saturated rings. The van der Waals surface area contributed by atoms with Crippen molar-refractivity contribution in [3.05, 3.63) is 101 Å². The van der Waals surface area contributed by atoms with Gasteiger partial charge in [0.2, 0.25) is 6.79 Å². The van der Waals surface area contributed by atoms with Crippen molar-refractivity contribution in [3.63, 3.8) is 0 Å². The highest BCUT2D eigenvalue weighted by Gasteiger charge is 2.42. The van der Waals surface area contributed by atoms with Crippen LogP contribution in [0.4, 0.5) is 5.69 Å². The lowest BCUT2D eigenvalue weighted by molar-refractivity contribution is 0.174. The van der Waals surface area contributed by atoms with Gasteiger partial charge in [0.25, 0.3) is 0 Å². The molecule has 1 saturated heterocycles. The molecule has 4 aromatic rings. The van der Waals surface area contributed by atoms with Crippen molar-refractivity contribution < 1.29 is 9.47 Å². The maximum atomic E-state index is 6.19. The van der Waals surface area contributed by atoms with E-state index in [1.54, 1.807) is 0 Å². The third-order valence-corrected chi connectivity index (χ3v) is 7.17. The summed E-state index contributed by atoms with van der Waals surface area (Å²) in [6, 6.07) is 21.8. The molecule has 2 atom stereocenters. The van der Waals surface area contributed by atoms with Crippen molar-refractivity contribution in [1.82, 2.24) is 14.9 Å². The fourth-order valence-corrected chi connectivity index (χ4v) is 5.53. The molecule has 0 bridgehead atoms. The van der Waals surface area contributed by atoms with Gasteiger partial charge in [0.05, 0.1) is 17.8 Å². The molecule has 0 unspecified atom stereocenters. The fraction of sp³-hybridized carbons (Fsp3) is 0.185. The Morgan fingerprint density at radius 1 is 0.971 bits per heavy atom. The first-order valence-corrected chi connectivity index (χ1v) is 12.1. The second kappa shape index (κ2) is 8.59. The smallest absolute Gasteiger partial charge is 0.231 e. The monoisotopic (exact) mass is 502 g/mol. The molecule has 2 aliphatic rings. The summed E-state index contributed by atoms with van der Waals surface area (Å²) in [6.45, 7) is 4.51. The SMILES string of the molecule is Cc1cc([C@@H]2[C@@H](c3ccccn3)NC(=S)N2c2ccc(Cl)cc2)c(C)n1-c1ccc2c(c1)OCO2. The van der Waals surface area contributed by atoms with Crippen LogP contribution in [0.15, 0.2) is 72.9 Å². The van der Waals surface area contributed by atoms with E-state index in [1.165, 1.54) is 0 Å². The fourth-order valence-electron chi connectivity index (χ4n) is 5.06. The molecule has 176 valence electrons. The Labute approximate surface area is 214 Å². The Morgan fingerprint density at radius 2 is 1.74 bits per heavy atom. The molecule has 2 aliphatic heterocycles. The summed E-state index contributed by atoms with van der Waals surface area (Å²) >= 11 is 12.0. The van der Waals surface area contributed by atoms with Crippen molar-refractivity contribution in [2.45, 2.75) is 25.9 Å². The molecular formula is C27H23ClN4O2S. The minimum absolute atomic E-state index is 0.104. The maximum absolute atomic E-state index is 6.19. The van der Waals surface area contributed by atoms with Crippen LogP contribution in [0.5, 0.6) is 11.5 Å². The molecule has 6 rings (SSSR count). The summed E-state index contributed by atoms with van der Waals surface area (Å²) in [4.78, 5) is 6.83. The molecule has 2 aromatic heterocycles. The normalized spacial score (nSPS) is 18.7. The third kappa shape index (κ3) is 3.72. The number of fused-ring (bicyclic) bond motifs is 1. The van der Waals surface area contributed by atoms with Gasteiger partial charge in [-0.15, -0.1) is 0 Å². The number of hydrogen-bond acceptors (Lipinski definition) is 4. The van der Waals surface area contributed by atoms with Gasteiger partial charge >= 0.3 is 0 Å². The quantitative estimate of drug-likeness (QED) is 0.343. The lowest BCUT2D eigenvalue weighted by Crippen LogP contribution is -2.29. The first-order valence-electron chi connectivity index (χ1n) is 11.4. The first-order chi connectivity index (χ1) is 17.0. The number of aromatic nitrogens is 2. The second-order valence-electron chi connectivity index (χ2n) is 8.67. The Balaban J connectivity index is 1.50. The molecule has 0 radical (unpaired) electrons. The average molecular weight is 503 g/mol. The van der Waals surface area contributed by atoms with Gasteiger partial charge in [0.1, 0.15) is 0 Å². The zero-order chi connectivity index (χ0) is 24.1. The molecule has 0 saturated carbocycles. The number of halogens is 1. The van der Waals surface area contributed by atoms with E-state index in [4.69, 9.17) is 33.3 Å². The molecular weight excluding hydrogens is 480 g/mol. The standard InChI is InChI=1S/C27H23ClN4O2S/c1-16-13-21(17(2)31(16)20-10-11-23-24(14-20)34-15-33-23)26-25(22-5-3-4-12-29-22)30-27(35)32(26)19-8-6-18(28)7-9-19/h3-14,25-26H,15H2,1-2H3,(H,30,35)/t25-,26-/m1/s1. The first kappa shape index (κ1) is 21.9. The minimum Gasteiger partial charge on any atom is -0.454 e. The van der Waals surface area contributed by atoms with E-state index >= 15 is 0 Å². The Bertz CT molecular complexity index is 1420. The Kier molecular flexibility index (Phi) is 5.39. The maximum Gasteiger partial charge on any atom is 0.231 e. The lowest BCUT2D eigenvalue weighted by atomic mass is 9.96. The zero-order valence-corrected chi connectivity index (χ0v) is 20.8. The van der Waals surface area contributed by atoms with E-state index in [1.807, 2.05) is 60.8 Å². The summed E-state index contributed by atoms with van der Waals surface area (Å²) in [5.74, 6) is 1.53. The molecule has 8 heteroatoms. The zero-order valence-electron chi connectivity index (χ0n) is 19.2. The highest BCUT2D eigenvalue weighted by atomic mass is 35.5. The molecule has 35 heavy (non-hydrogen) atoms. The van der Waals surface area contributed by atoms with E-state index in [-0.39, 0.29) is 18.9 Å². The highest BCUT2D eigenvalue weighted by molar-refractivity contribution is 7.80. The number of pyridine rings is 1. The molecule has 4 heterocycles. The van der Waals surface area contributed by atoms with Crippen LogP contribution in [0, 0.1) is 13.8 Å². The minimum atomic E-state index is -0.120. The topological polar surface area (TPSA) is 51.6 Å². The second-order valence-corrected chi connectivity index (χ2v) is 9.50. The summed E-state index contributed by atoms with van der Waals surface area (Å²) in [5.41, 5.74) is 6.34. The van der Waals surface area contributed by atoms with Crippen LogP contribution in [-0.4, -0.2) is 21.5 Å². The molecule has 6 nitrogen and oxygen atoms in total. The number of nitrogens with zero attached hydrogens (tertiary/aromatic N) is 3. The Morgan fingerprint density at radius 3 is 2.51 bits per heavy atom. The van der Waals surface area contributed by atoms with Gasteiger partial charge in [-0.3, -0.25) is 4.98 Å². The van der Waals surface area contributed by atoms with Crippen LogP contribution < -0.4 is 19.7 Å². The van der Waals surface area contributed by atoms with E-state index in [0.717, 1.165) is 45.5 Å². The summed E-state index contributed by atoms with van der Waals surface area (Å²) in [7, 11) is 0. The van der Waals surface area contributed by atoms with Crippen molar-refractivity contribution in [2.24, 2.45) is 0 Å². The van der Waals surface area contributed by atoms with Crippen molar-refractivity contribution in [3.8, 4) is 17.2 Å². The van der Waals surface area contributed by atoms with Crippen molar-refractivity contribution in [1.29, 1.82) is 0 Å². The molecule has 0 aliphatic carbocycles. The summed E-state index contributed by atoms with van der Waals surface area (Å²) < 4.78 is 13.4.